The average molecular weight is 380 g/mol. The number of rotatable bonds is 4. The zero-order valence-corrected chi connectivity index (χ0v) is 16.6. The Morgan fingerprint density at radius 2 is 1.89 bits per heavy atom. The molecule has 0 amide bonds. The first kappa shape index (κ1) is 17.7. The predicted molar refractivity (Wildman–Crippen MR) is 113 cm³/mol. The molecule has 2 aliphatic heterocycles. The van der Waals surface area contributed by atoms with E-state index >= 15 is 0 Å². The quantitative estimate of drug-likeness (QED) is 0.846. The molecule has 3 aliphatic rings. The summed E-state index contributed by atoms with van der Waals surface area (Å²) in [7, 11) is 0. The van der Waals surface area contributed by atoms with Crippen molar-refractivity contribution in [2.45, 2.75) is 44.6 Å². The van der Waals surface area contributed by atoms with Gasteiger partial charge in [0.2, 0.25) is 5.95 Å². The summed E-state index contributed by atoms with van der Waals surface area (Å²) in [6.45, 7) is 7.45. The fraction of sp³-hybridized carbons (Fsp3) is 0.571. The SMILES string of the molecule is CC1CN(C2CCCC2)c2nc(Nc3ccc(N4CCNCC4)cn3)ncc21. The van der Waals surface area contributed by atoms with Gasteiger partial charge in [-0.3, -0.25) is 0 Å². The molecule has 1 saturated heterocycles. The van der Waals surface area contributed by atoms with E-state index in [1.807, 2.05) is 18.5 Å². The summed E-state index contributed by atoms with van der Waals surface area (Å²) in [4.78, 5) is 18.9. The highest BCUT2D eigenvalue weighted by molar-refractivity contribution is 5.60. The smallest absolute Gasteiger partial charge is 0.230 e. The van der Waals surface area contributed by atoms with Crippen LogP contribution in [-0.4, -0.2) is 53.7 Å². The molecule has 2 N–H and O–H groups in total. The van der Waals surface area contributed by atoms with Gasteiger partial charge >= 0.3 is 0 Å². The molecule has 5 rings (SSSR count). The Kier molecular flexibility index (Phi) is 4.76. The van der Waals surface area contributed by atoms with Crippen LogP contribution in [0.4, 0.5) is 23.3 Å². The van der Waals surface area contributed by atoms with Gasteiger partial charge in [-0.1, -0.05) is 19.8 Å². The second-order valence-corrected chi connectivity index (χ2v) is 8.23. The third-order valence-corrected chi connectivity index (χ3v) is 6.30. The van der Waals surface area contributed by atoms with Gasteiger partial charge in [0, 0.05) is 56.4 Å². The second kappa shape index (κ2) is 7.54. The molecular weight excluding hydrogens is 350 g/mol. The lowest BCUT2D eigenvalue weighted by Crippen LogP contribution is -2.43. The monoisotopic (exact) mass is 379 g/mol. The minimum absolute atomic E-state index is 0.501. The Morgan fingerprint density at radius 1 is 1.07 bits per heavy atom. The second-order valence-electron chi connectivity index (χ2n) is 8.23. The molecule has 2 aromatic rings. The van der Waals surface area contributed by atoms with E-state index in [0.717, 1.165) is 44.4 Å². The number of nitrogens with zero attached hydrogens (tertiary/aromatic N) is 5. The van der Waals surface area contributed by atoms with Crippen LogP contribution in [0.2, 0.25) is 0 Å². The minimum atomic E-state index is 0.501. The first-order chi connectivity index (χ1) is 13.8. The van der Waals surface area contributed by atoms with E-state index in [2.05, 4.69) is 43.4 Å². The predicted octanol–water partition coefficient (Wildman–Crippen LogP) is 2.89. The van der Waals surface area contributed by atoms with Crippen molar-refractivity contribution < 1.29 is 0 Å². The molecule has 0 bridgehead atoms. The number of hydrogen-bond donors (Lipinski definition) is 2. The van der Waals surface area contributed by atoms with E-state index in [1.165, 1.54) is 36.9 Å². The zero-order valence-electron chi connectivity index (χ0n) is 16.6. The van der Waals surface area contributed by atoms with E-state index in [-0.39, 0.29) is 0 Å². The summed E-state index contributed by atoms with van der Waals surface area (Å²) in [5.74, 6) is 3.05. The molecule has 1 unspecified atom stereocenters. The summed E-state index contributed by atoms with van der Waals surface area (Å²) < 4.78 is 0. The highest BCUT2D eigenvalue weighted by Gasteiger charge is 2.33. The molecule has 28 heavy (non-hydrogen) atoms. The van der Waals surface area contributed by atoms with Crippen molar-refractivity contribution in [3.05, 3.63) is 30.1 Å². The third kappa shape index (κ3) is 3.39. The van der Waals surface area contributed by atoms with Gasteiger partial charge in [0.1, 0.15) is 11.6 Å². The van der Waals surface area contributed by atoms with Crippen LogP contribution < -0.4 is 20.4 Å². The molecule has 0 aromatic carbocycles. The van der Waals surface area contributed by atoms with Crippen molar-refractivity contribution in [2.75, 3.05) is 47.8 Å². The van der Waals surface area contributed by atoms with E-state index in [4.69, 9.17) is 4.98 Å². The van der Waals surface area contributed by atoms with Gasteiger partial charge in [-0.15, -0.1) is 0 Å². The summed E-state index contributed by atoms with van der Waals surface area (Å²) in [6, 6.07) is 4.79. The van der Waals surface area contributed by atoms with E-state index in [1.54, 1.807) is 0 Å². The van der Waals surface area contributed by atoms with Crippen molar-refractivity contribution in [2.24, 2.45) is 0 Å². The van der Waals surface area contributed by atoms with Crippen LogP contribution in [0.3, 0.4) is 0 Å². The summed E-state index contributed by atoms with van der Waals surface area (Å²) in [5.41, 5.74) is 2.45. The van der Waals surface area contributed by atoms with Crippen LogP contribution in [0, 0.1) is 0 Å². The van der Waals surface area contributed by atoms with Gasteiger partial charge in [-0.2, -0.15) is 4.98 Å². The molecule has 7 heteroatoms. The normalized spacial score (nSPS) is 22.5. The molecule has 2 aromatic heterocycles. The van der Waals surface area contributed by atoms with Crippen LogP contribution in [-0.2, 0) is 0 Å². The van der Waals surface area contributed by atoms with Crippen LogP contribution in [0.15, 0.2) is 24.5 Å². The molecule has 1 saturated carbocycles. The zero-order chi connectivity index (χ0) is 18.9. The molecule has 0 spiro atoms. The average Bonchev–Trinajstić information content (AvgIpc) is 3.37. The number of nitrogens with one attached hydrogen (secondary N) is 2. The van der Waals surface area contributed by atoms with Crippen LogP contribution >= 0.6 is 0 Å². The van der Waals surface area contributed by atoms with E-state index in [0.29, 0.717) is 17.9 Å². The lowest BCUT2D eigenvalue weighted by Gasteiger charge is -2.29. The summed E-state index contributed by atoms with van der Waals surface area (Å²) in [6.07, 6.45) is 9.18. The van der Waals surface area contributed by atoms with Gasteiger partial charge in [0.15, 0.2) is 0 Å². The maximum absolute atomic E-state index is 4.88. The lowest BCUT2D eigenvalue weighted by molar-refractivity contribution is 0.589. The molecular formula is C21H29N7. The number of fused-ring (bicyclic) bond motifs is 1. The number of pyridine rings is 1. The standard InChI is InChI=1S/C21H29N7/c1-15-14-28(16-4-2-3-5-16)20-18(15)13-24-21(26-20)25-19-7-6-17(12-23-19)27-10-8-22-9-11-27/h6-7,12-13,15-16,22H,2-5,8-11,14H2,1H3,(H,23,24,25,26). The number of anilines is 4. The third-order valence-electron chi connectivity index (χ3n) is 6.30. The Hall–Kier alpha value is -2.41. The number of aromatic nitrogens is 3. The van der Waals surface area contributed by atoms with Gasteiger partial charge in [0.05, 0.1) is 11.9 Å². The molecule has 148 valence electrons. The van der Waals surface area contributed by atoms with Crippen LogP contribution in [0.25, 0.3) is 0 Å². The van der Waals surface area contributed by atoms with Crippen LogP contribution in [0.5, 0.6) is 0 Å². The van der Waals surface area contributed by atoms with Crippen LogP contribution in [0.1, 0.15) is 44.1 Å². The molecule has 0 radical (unpaired) electrons. The van der Waals surface area contributed by atoms with E-state index < -0.39 is 0 Å². The fourth-order valence-corrected chi connectivity index (χ4v) is 4.72. The molecule has 1 aliphatic carbocycles. The van der Waals surface area contributed by atoms with Crippen molar-refractivity contribution >= 4 is 23.3 Å². The summed E-state index contributed by atoms with van der Waals surface area (Å²) >= 11 is 0. The molecule has 2 fully saturated rings. The maximum atomic E-state index is 4.88. The Bertz CT molecular complexity index is 810. The highest BCUT2D eigenvalue weighted by atomic mass is 15.3. The van der Waals surface area contributed by atoms with Gasteiger partial charge < -0.3 is 20.4 Å². The Labute approximate surface area is 166 Å². The van der Waals surface area contributed by atoms with Crippen molar-refractivity contribution in [1.29, 1.82) is 0 Å². The number of hydrogen-bond acceptors (Lipinski definition) is 7. The van der Waals surface area contributed by atoms with Gasteiger partial charge in [-0.25, -0.2) is 9.97 Å². The fourth-order valence-electron chi connectivity index (χ4n) is 4.72. The summed E-state index contributed by atoms with van der Waals surface area (Å²) in [5, 5.41) is 6.68. The highest BCUT2D eigenvalue weighted by Crippen LogP contribution is 2.39. The topological polar surface area (TPSA) is 69.2 Å². The number of piperazine rings is 1. The lowest BCUT2D eigenvalue weighted by atomic mass is 10.1. The maximum Gasteiger partial charge on any atom is 0.230 e. The molecule has 7 nitrogen and oxygen atoms in total. The first-order valence-corrected chi connectivity index (χ1v) is 10.6. The Morgan fingerprint density at radius 3 is 2.64 bits per heavy atom. The van der Waals surface area contributed by atoms with Gasteiger partial charge in [0.25, 0.3) is 0 Å². The Balaban J connectivity index is 1.32. The molecule has 4 heterocycles. The molecule has 1 atom stereocenters. The van der Waals surface area contributed by atoms with E-state index in [9.17, 15) is 0 Å². The van der Waals surface area contributed by atoms with Gasteiger partial charge in [-0.05, 0) is 25.0 Å². The van der Waals surface area contributed by atoms with Crippen molar-refractivity contribution in [3.8, 4) is 0 Å². The minimum Gasteiger partial charge on any atom is -0.368 e. The van der Waals surface area contributed by atoms with Crippen molar-refractivity contribution in [1.82, 2.24) is 20.3 Å². The first-order valence-electron chi connectivity index (χ1n) is 10.6. The largest absolute Gasteiger partial charge is 0.368 e. The van der Waals surface area contributed by atoms with Crippen molar-refractivity contribution in [3.63, 3.8) is 0 Å².